The van der Waals surface area contributed by atoms with Crippen molar-refractivity contribution in [3.8, 4) is 11.5 Å². The normalized spacial score (nSPS) is 11.1. The molecule has 0 aliphatic heterocycles. The van der Waals surface area contributed by atoms with Gasteiger partial charge in [0.05, 0.1) is 20.8 Å². The molecule has 0 saturated carbocycles. The zero-order valence-corrected chi connectivity index (χ0v) is 12.8. The van der Waals surface area contributed by atoms with Gasteiger partial charge in [0.25, 0.3) is 0 Å². The summed E-state index contributed by atoms with van der Waals surface area (Å²) in [5.41, 5.74) is 0.267. The zero-order chi connectivity index (χ0) is 15.2. The van der Waals surface area contributed by atoms with Crippen molar-refractivity contribution in [3.05, 3.63) is 23.8 Å². The number of carbonyl (C=O) groups is 1. The maximum Gasteiger partial charge on any atom is 0.325 e. The fourth-order valence-corrected chi connectivity index (χ4v) is 1.75. The summed E-state index contributed by atoms with van der Waals surface area (Å²) in [5.74, 6) is 1.10. The SMILES string of the molecule is CCOc1ccc(CNC(C)(C)C(=O)OC)cc1OC. The van der Waals surface area contributed by atoms with Gasteiger partial charge >= 0.3 is 5.97 Å². The maximum atomic E-state index is 11.6. The van der Waals surface area contributed by atoms with E-state index in [9.17, 15) is 4.79 Å². The van der Waals surface area contributed by atoms with E-state index in [2.05, 4.69) is 5.32 Å². The van der Waals surface area contributed by atoms with E-state index in [0.717, 1.165) is 5.56 Å². The van der Waals surface area contributed by atoms with Gasteiger partial charge in [-0.1, -0.05) is 6.07 Å². The van der Waals surface area contributed by atoms with Crippen LogP contribution in [0.5, 0.6) is 11.5 Å². The predicted octanol–water partition coefficient (Wildman–Crippen LogP) is 2.14. The zero-order valence-electron chi connectivity index (χ0n) is 12.8. The number of methoxy groups -OCH3 is 2. The van der Waals surface area contributed by atoms with Crippen molar-refractivity contribution >= 4 is 5.97 Å². The van der Waals surface area contributed by atoms with Crippen molar-refractivity contribution in [2.24, 2.45) is 0 Å². The van der Waals surface area contributed by atoms with Gasteiger partial charge in [-0.3, -0.25) is 10.1 Å². The molecular formula is C15H23NO4. The fourth-order valence-electron chi connectivity index (χ4n) is 1.75. The van der Waals surface area contributed by atoms with Crippen molar-refractivity contribution in [1.82, 2.24) is 5.32 Å². The average molecular weight is 281 g/mol. The molecule has 5 heteroatoms. The Balaban J connectivity index is 2.76. The van der Waals surface area contributed by atoms with E-state index in [-0.39, 0.29) is 5.97 Å². The fraction of sp³-hybridized carbons (Fsp3) is 0.533. The highest BCUT2D eigenvalue weighted by molar-refractivity contribution is 5.79. The second-order valence-corrected chi connectivity index (χ2v) is 4.89. The summed E-state index contributed by atoms with van der Waals surface area (Å²) >= 11 is 0. The molecule has 0 saturated heterocycles. The highest BCUT2D eigenvalue weighted by atomic mass is 16.5. The highest BCUT2D eigenvalue weighted by Gasteiger charge is 2.27. The van der Waals surface area contributed by atoms with Crippen molar-refractivity contribution in [1.29, 1.82) is 0 Å². The monoisotopic (exact) mass is 281 g/mol. The van der Waals surface area contributed by atoms with Gasteiger partial charge in [0.15, 0.2) is 11.5 Å². The van der Waals surface area contributed by atoms with E-state index in [4.69, 9.17) is 14.2 Å². The minimum absolute atomic E-state index is 0.296. The van der Waals surface area contributed by atoms with Crippen molar-refractivity contribution < 1.29 is 19.0 Å². The van der Waals surface area contributed by atoms with E-state index in [0.29, 0.717) is 24.7 Å². The Morgan fingerprint density at radius 3 is 2.50 bits per heavy atom. The summed E-state index contributed by atoms with van der Waals surface area (Å²) in [6.07, 6.45) is 0. The van der Waals surface area contributed by atoms with Crippen LogP contribution in [-0.4, -0.2) is 32.3 Å². The molecule has 0 unspecified atom stereocenters. The molecule has 20 heavy (non-hydrogen) atoms. The Morgan fingerprint density at radius 2 is 1.95 bits per heavy atom. The second kappa shape index (κ2) is 7.14. The van der Waals surface area contributed by atoms with Gasteiger partial charge in [-0.15, -0.1) is 0 Å². The molecule has 1 aromatic rings. The summed E-state index contributed by atoms with van der Waals surface area (Å²) < 4.78 is 15.5. The van der Waals surface area contributed by atoms with E-state index in [1.54, 1.807) is 21.0 Å². The molecule has 0 atom stereocenters. The Kier molecular flexibility index (Phi) is 5.82. The van der Waals surface area contributed by atoms with E-state index in [1.807, 2.05) is 25.1 Å². The van der Waals surface area contributed by atoms with Crippen LogP contribution in [0.25, 0.3) is 0 Å². The lowest BCUT2D eigenvalue weighted by Gasteiger charge is -2.23. The van der Waals surface area contributed by atoms with Crippen LogP contribution in [0.15, 0.2) is 18.2 Å². The summed E-state index contributed by atoms with van der Waals surface area (Å²) in [5, 5.41) is 3.16. The van der Waals surface area contributed by atoms with Gasteiger partial charge in [-0.25, -0.2) is 0 Å². The van der Waals surface area contributed by atoms with E-state index in [1.165, 1.54) is 7.11 Å². The van der Waals surface area contributed by atoms with Gasteiger partial charge in [0.1, 0.15) is 5.54 Å². The number of nitrogens with one attached hydrogen (secondary N) is 1. The first-order valence-corrected chi connectivity index (χ1v) is 6.57. The Hall–Kier alpha value is -1.75. The highest BCUT2D eigenvalue weighted by Crippen LogP contribution is 2.28. The minimum Gasteiger partial charge on any atom is -0.493 e. The lowest BCUT2D eigenvalue weighted by Crippen LogP contribution is -2.46. The molecule has 0 bridgehead atoms. The molecule has 0 fully saturated rings. The minimum atomic E-state index is -0.736. The molecular weight excluding hydrogens is 258 g/mol. The largest absolute Gasteiger partial charge is 0.493 e. The quantitative estimate of drug-likeness (QED) is 0.776. The van der Waals surface area contributed by atoms with Crippen molar-refractivity contribution in [2.45, 2.75) is 32.9 Å². The van der Waals surface area contributed by atoms with Crippen LogP contribution in [0.3, 0.4) is 0 Å². The summed E-state index contributed by atoms with van der Waals surface area (Å²) in [4.78, 5) is 11.6. The van der Waals surface area contributed by atoms with Crippen LogP contribution < -0.4 is 14.8 Å². The molecule has 0 radical (unpaired) electrons. The molecule has 1 rings (SSSR count). The van der Waals surface area contributed by atoms with Crippen LogP contribution in [0, 0.1) is 0 Å². The van der Waals surface area contributed by atoms with E-state index < -0.39 is 5.54 Å². The number of hydrogen-bond donors (Lipinski definition) is 1. The topological polar surface area (TPSA) is 56.8 Å². The number of carbonyl (C=O) groups excluding carboxylic acids is 1. The molecule has 0 amide bonds. The van der Waals surface area contributed by atoms with Crippen LogP contribution in [0.2, 0.25) is 0 Å². The third-order valence-corrected chi connectivity index (χ3v) is 2.96. The van der Waals surface area contributed by atoms with E-state index >= 15 is 0 Å². The first kappa shape index (κ1) is 16.3. The first-order chi connectivity index (χ1) is 9.44. The van der Waals surface area contributed by atoms with Gasteiger partial charge in [-0.05, 0) is 38.5 Å². The molecule has 1 aromatic carbocycles. The maximum absolute atomic E-state index is 11.6. The van der Waals surface area contributed by atoms with Gasteiger partial charge in [0, 0.05) is 6.54 Å². The number of rotatable bonds is 7. The standard InChI is InChI=1S/C15H23NO4/c1-6-20-12-8-7-11(9-13(12)18-4)10-16-15(2,3)14(17)19-5/h7-9,16H,6,10H2,1-5H3. The van der Waals surface area contributed by atoms with Crippen LogP contribution in [0.4, 0.5) is 0 Å². The Labute approximate surface area is 120 Å². The molecule has 5 nitrogen and oxygen atoms in total. The Bertz CT molecular complexity index is 457. The van der Waals surface area contributed by atoms with Gasteiger partial charge in [-0.2, -0.15) is 0 Å². The Morgan fingerprint density at radius 1 is 1.25 bits per heavy atom. The lowest BCUT2D eigenvalue weighted by molar-refractivity contribution is -0.147. The summed E-state index contributed by atoms with van der Waals surface area (Å²) in [6.45, 7) is 6.61. The van der Waals surface area contributed by atoms with Crippen LogP contribution >= 0.6 is 0 Å². The van der Waals surface area contributed by atoms with Crippen LogP contribution in [0.1, 0.15) is 26.3 Å². The molecule has 0 spiro atoms. The van der Waals surface area contributed by atoms with Crippen molar-refractivity contribution in [3.63, 3.8) is 0 Å². The molecule has 1 N–H and O–H groups in total. The number of esters is 1. The van der Waals surface area contributed by atoms with Gasteiger partial charge in [0.2, 0.25) is 0 Å². The van der Waals surface area contributed by atoms with Crippen LogP contribution in [-0.2, 0) is 16.1 Å². The third-order valence-electron chi connectivity index (χ3n) is 2.96. The number of benzene rings is 1. The average Bonchev–Trinajstić information content (AvgIpc) is 2.45. The third kappa shape index (κ3) is 4.13. The smallest absolute Gasteiger partial charge is 0.325 e. The molecule has 0 aliphatic carbocycles. The first-order valence-electron chi connectivity index (χ1n) is 6.57. The number of hydrogen-bond acceptors (Lipinski definition) is 5. The molecule has 0 aliphatic rings. The molecule has 112 valence electrons. The van der Waals surface area contributed by atoms with Gasteiger partial charge < -0.3 is 14.2 Å². The molecule has 0 aromatic heterocycles. The lowest BCUT2D eigenvalue weighted by atomic mass is 10.1. The second-order valence-electron chi connectivity index (χ2n) is 4.89. The summed E-state index contributed by atoms with van der Waals surface area (Å²) in [7, 11) is 2.99. The van der Waals surface area contributed by atoms with Crippen molar-refractivity contribution in [2.75, 3.05) is 20.8 Å². The number of ether oxygens (including phenoxy) is 3. The predicted molar refractivity (Wildman–Crippen MR) is 77.1 cm³/mol. The molecule has 0 heterocycles. The summed E-state index contributed by atoms with van der Waals surface area (Å²) in [6, 6.07) is 5.70.